The third-order valence-corrected chi connectivity index (χ3v) is 3.47. The Kier molecular flexibility index (Phi) is 6.39. The zero-order valence-corrected chi connectivity index (χ0v) is 11.6. The van der Waals surface area contributed by atoms with Gasteiger partial charge in [-0.2, -0.15) is 0 Å². The van der Waals surface area contributed by atoms with Gasteiger partial charge in [0, 0.05) is 25.0 Å². The van der Waals surface area contributed by atoms with Crippen molar-refractivity contribution in [2.75, 3.05) is 6.54 Å². The van der Waals surface area contributed by atoms with Gasteiger partial charge in [0.2, 0.25) is 0 Å². The van der Waals surface area contributed by atoms with Crippen molar-refractivity contribution < 1.29 is 14.7 Å². The summed E-state index contributed by atoms with van der Waals surface area (Å²) in [5.41, 5.74) is 0. The number of hydrogen-bond donors (Lipinski definition) is 2. The fraction of sp³-hybridized carbons (Fsp3) is 0.714. The minimum atomic E-state index is -0.800. The van der Waals surface area contributed by atoms with Crippen LogP contribution >= 0.6 is 0 Å². The van der Waals surface area contributed by atoms with Crippen molar-refractivity contribution in [3.63, 3.8) is 0 Å². The van der Waals surface area contributed by atoms with Crippen LogP contribution in [0.1, 0.15) is 45.4 Å². The van der Waals surface area contributed by atoms with E-state index in [0.29, 0.717) is 6.42 Å². The summed E-state index contributed by atoms with van der Waals surface area (Å²) in [6.07, 6.45) is 6.14. The Morgan fingerprint density at radius 1 is 1.53 bits per heavy atom. The van der Waals surface area contributed by atoms with Gasteiger partial charge in [-0.05, 0) is 39.0 Å². The summed E-state index contributed by atoms with van der Waals surface area (Å²) in [6.45, 7) is 6.31. The van der Waals surface area contributed by atoms with E-state index in [1.54, 1.807) is 11.0 Å². The zero-order chi connectivity index (χ0) is 14.3. The van der Waals surface area contributed by atoms with E-state index in [0.717, 1.165) is 32.2 Å². The molecule has 0 aromatic rings. The molecule has 2 unspecified atom stereocenters. The van der Waals surface area contributed by atoms with Crippen LogP contribution in [0.5, 0.6) is 0 Å². The van der Waals surface area contributed by atoms with Crippen LogP contribution in [0.3, 0.4) is 0 Å². The maximum Gasteiger partial charge on any atom is 0.317 e. The molecule has 1 heterocycles. The van der Waals surface area contributed by atoms with Crippen LogP contribution in [-0.4, -0.2) is 40.6 Å². The number of amides is 2. The highest BCUT2D eigenvalue weighted by Crippen LogP contribution is 2.21. The second-order valence-electron chi connectivity index (χ2n) is 5.15. The van der Waals surface area contributed by atoms with Crippen molar-refractivity contribution in [1.82, 2.24) is 10.2 Å². The third-order valence-electron chi connectivity index (χ3n) is 3.47. The van der Waals surface area contributed by atoms with Gasteiger partial charge in [0.15, 0.2) is 0 Å². The highest BCUT2D eigenvalue weighted by Gasteiger charge is 2.27. The second-order valence-corrected chi connectivity index (χ2v) is 5.15. The number of hydrogen-bond acceptors (Lipinski definition) is 2. The number of carboxylic acids is 1. The van der Waals surface area contributed by atoms with Crippen LogP contribution in [0.4, 0.5) is 4.79 Å². The van der Waals surface area contributed by atoms with Gasteiger partial charge in [0.25, 0.3) is 0 Å². The topological polar surface area (TPSA) is 69.6 Å². The van der Waals surface area contributed by atoms with Gasteiger partial charge in [0.05, 0.1) is 0 Å². The molecule has 5 heteroatoms. The smallest absolute Gasteiger partial charge is 0.317 e. The first-order valence-corrected chi connectivity index (χ1v) is 6.94. The fourth-order valence-corrected chi connectivity index (χ4v) is 2.46. The van der Waals surface area contributed by atoms with Gasteiger partial charge in [-0.3, -0.25) is 4.79 Å². The summed E-state index contributed by atoms with van der Waals surface area (Å²) >= 11 is 0. The van der Waals surface area contributed by atoms with Crippen molar-refractivity contribution in [3.8, 4) is 0 Å². The molecule has 0 aromatic heterocycles. The number of likely N-dealkylation sites (tertiary alicyclic amines) is 1. The standard InChI is InChI=1S/C14H24N2O3/c1-3-6-11(2)15-14(19)16-10-5-4-7-12(16)8-9-13(17)18/h3,11-12H,1,4-10H2,2H3,(H,15,19)(H,17,18). The molecule has 0 aromatic carbocycles. The fourth-order valence-electron chi connectivity index (χ4n) is 2.46. The largest absolute Gasteiger partial charge is 0.481 e. The first kappa shape index (κ1) is 15.5. The first-order valence-electron chi connectivity index (χ1n) is 6.94. The highest BCUT2D eigenvalue weighted by atomic mass is 16.4. The highest BCUT2D eigenvalue weighted by molar-refractivity contribution is 5.75. The van der Waals surface area contributed by atoms with Gasteiger partial charge < -0.3 is 15.3 Å². The average Bonchev–Trinajstić information content (AvgIpc) is 2.36. The minimum Gasteiger partial charge on any atom is -0.481 e. The lowest BCUT2D eigenvalue weighted by atomic mass is 9.98. The van der Waals surface area contributed by atoms with Gasteiger partial charge in [0.1, 0.15) is 0 Å². The average molecular weight is 268 g/mol. The molecule has 1 saturated heterocycles. The van der Waals surface area contributed by atoms with Crippen LogP contribution in [0.2, 0.25) is 0 Å². The van der Waals surface area contributed by atoms with Crippen molar-refractivity contribution >= 4 is 12.0 Å². The molecule has 2 N–H and O–H groups in total. The maximum atomic E-state index is 12.2. The third kappa shape index (κ3) is 5.32. The molecular formula is C14H24N2O3. The SMILES string of the molecule is C=CCC(C)NC(=O)N1CCCCC1CCC(=O)O. The Bertz CT molecular complexity index is 331. The number of nitrogens with one attached hydrogen (secondary N) is 1. The van der Waals surface area contributed by atoms with Crippen LogP contribution in [-0.2, 0) is 4.79 Å². The number of carbonyl (C=O) groups is 2. The monoisotopic (exact) mass is 268 g/mol. The van der Waals surface area contributed by atoms with Crippen molar-refractivity contribution in [3.05, 3.63) is 12.7 Å². The Morgan fingerprint density at radius 2 is 2.26 bits per heavy atom. The van der Waals surface area contributed by atoms with Gasteiger partial charge >= 0.3 is 12.0 Å². The molecule has 0 bridgehead atoms. The summed E-state index contributed by atoms with van der Waals surface area (Å²) in [4.78, 5) is 24.6. The summed E-state index contributed by atoms with van der Waals surface area (Å²) in [5, 5.41) is 11.7. The molecule has 1 aliphatic rings. The molecule has 0 aliphatic carbocycles. The van der Waals surface area contributed by atoms with E-state index in [4.69, 9.17) is 5.11 Å². The van der Waals surface area contributed by atoms with Crippen molar-refractivity contribution in [2.45, 2.75) is 57.5 Å². The number of carbonyl (C=O) groups excluding carboxylic acids is 1. The van der Waals surface area contributed by atoms with E-state index in [9.17, 15) is 9.59 Å². The number of urea groups is 1. The maximum absolute atomic E-state index is 12.2. The lowest BCUT2D eigenvalue weighted by Crippen LogP contribution is -2.50. The van der Waals surface area contributed by atoms with Gasteiger partial charge in [-0.15, -0.1) is 6.58 Å². The van der Waals surface area contributed by atoms with E-state index in [-0.39, 0.29) is 24.5 Å². The number of aliphatic carboxylic acids is 1. The summed E-state index contributed by atoms with van der Waals surface area (Å²) < 4.78 is 0. The molecule has 108 valence electrons. The van der Waals surface area contributed by atoms with E-state index >= 15 is 0 Å². The van der Waals surface area contributed by atoms with Gasteiger partial charge in [-0.25, -0.2) is 4.79 Å². The van der Waals surface area contributed by atoms with Crippen LogP contribution < -0.4 is 5.32 Å². The van der Waals surface area contributed by atoms with Gasteiger partial charge in [-0.1, -0.05) is 6.08 Å². The van der Waals surface area contributed by atoms with Crippen molar-refractivity contribution in [2.24, 2.45) is 0 Å². The number of carboxylic acid groups (broad SMARTS) is 1. The molecule has 2 amide bonds. The van der Waals surface area contributed by atoms with Crippen LogP contribution in [0.15, 0.2) is 12.7 Å². The summed E-state index contributed by atoms with van der Waals surface area (Å²) in [6, 6.07) is 0.0391. The molecule has 1 fully saturated rings. The van der Waals surface area contributed by atoms with E-state index in [1.165, 1.54) is 0 Å². The number of piperidine rings is 1. The van der Waals surface area contributed by atoms with E-state index in [2.05, 4.69) is 11.9 Å². The Morgan fingerprint density at radius 3 is 2.89 bits per heavy atom. The molecular weight excluding hydrogens is 244 g/mol. The molecule has 19 heavy (non-hydrogen) atoms. The lowest BCUT2D eigenvalue weighted by molar-refractivity contribution is -0.137. The number of rotatable bonds is 6. The Hall–Kier alpha value is -1.52. The molecule has 1 aliphatic heterocycles. The van der Waals surface area contributed by atoms with Crippen LogP contribution in [0.25, 0.3) is 0 Å². The lowest BCUT2D eigenvalue weighted by Gasteiger charge is -2.36. The molecule has 0 spiro atoms. The normalized spacial score (nSPS) is 20.7. The summed E-state index contributed by atoms with van der Waals surface area (Å²) in [5.74, 6) is -0.800. The first-order chi connectivity index (χ1) is 9.04. The second kappa shape index (κ2) is 7.81. The summed E-state index contributed by atoms with van der Waals surface area (Å²) in [7, 11) is 0. The predicted molar refractivity (Wildman–Crippen MR) is 74.0 cm³/mol. The quantitative estimate of drug-likeness (QED) is 0.727. The zero-order valence-electron chi connectivity index (χ0n) is 11.6. The molecule has 5 nitrogen and oxygen atoms in total. The molecule has 1 rings (SSSR count). The Balaban J connectivity index is 2.52. The Labute approximate surface area is 114 Å². The van der Waals surface area contributed by atoms with Crippen molar-refractivity contribution in [1.29, 1.82) is 0 Å². The van der Waals surface area contributed by atoms with E-state index < -0.39 is 5.97 Å². The number of nitrogens with zero attached hydrogens (tertiary/aromatic N) is 1. The molecule has 0 radical (unpaired) electrons. The predicted octanol–water partition coefficient (Wildman–Crippen LogP) is 2.38. The van der Waals surface area contributed by atoms with E-state index in [1.807, 2.05) is 6.92 Å². The minimum absolute atomic E-state index is 0.0563. The van der Waals surface area contributed by atoms with Crippen LogP contribution in [0, 0.1) is 0 Å². The molecule has 2 atom stereocenters. The molecule has 0 saturated carbocycles.